The summed E-state index contributed by atoms with van der Waals surface area (Å²) in [7, 11) is -7.03. The van der Waals surface area contributed by atoms with E-state index in [1.807, 2.05) is 18.2 Å². The summed E-state index contributed by atoms with van der Waals surface area (Å²) in [6, 6.07) is 12.3. The van der Waals surface area contributed by atoms with Crippen molar-refractivity contribution in [2.75, 3.05) is 17.8 Å². The normalized spacial score (nSPS) is 17.5. The van der Waals surface area contributed by atoms with E-state index in [1.165, 1.54) is 23.8 Å². The maximum atomic E-state index is 12.1. The predicted octanol–water partition coefficient (Wildman–Crippen LogP) is 2.59. The van der Waals surface area contributed by atoms with Crippen LogP contribution in [0.25, 0.3) is 0 Å². The van der Waals surface area contributed by atoms with Crippen molar-refractivity contribution in [2.45, 2.75) is 28.7 Å². The number of aryl methyl sites for hydroxylation is 1. The second-order valence-corrected chi connectivity index (χ2v) is 10.1. The molecule has 1 aliphatic rings. The molecule has 0 bridgehead atoms. The Bertz CT molecular complexity index is 995. The number of benzene rings is 2. The monoisotopic (exact) mass is 365 g/mol. The molecule has 0 radical (unpaired) electrons. The maximum Gasteiger partial charge on any atom is 0.177 e. The zero-order valence-corrected chi connectivity index (χ0v) is 15.1. The molecule has 1 N–H and O–H groups in total. The van der Waals surface area contributed by atoms with Gasteiger partial charge in [-0.2, -0.15) is 0 Å². The maximum absolute atomic E-state index is 12.1. The van der Waals surface area contributed by atoms with E-state index in [1.54, 1.807) is 0 Å². The van der Waals surface area contributed by atoms with Gasteiger partial charge in [0.2, 0.25) is 0 Å². The van der Waals surface area contributed by atoms with Crippen LogP contribution in [0, 0.1) is 0 Å². The fourth-order valence-corrected chi connectivity index (χ4v) is 4.64. The van der Waals surface area contributed by atoms with Gasteiger partial charge in [-0.25, -0.2) is 16.8 Å². The highest BCUT2D eigenvalue weighted by molar-refractivity contribution is 7.91. The lowest BCUT2D eigenvalue weighted by atomic mass is 10.1. The molecule has 3 rings (SSSR count). The largest absolute Gasteiger partial charge is 0.377 e. The van der Waals surface area contributed by atoms with Crippen LogP contribution in [0.15, 0.2) is 52.3 Å². The second-order valence-electron chi connectivity index (χ2n) is 6.14. The zero-order valence-electron chi connectivity index (χ0n) is 13.5. The average molecular weight is 365 g/mol. The number of sulfone groups is 2. The number of nitrogens with one attached hydrogen (secondary N) is 1. The third-order valence-electron chi connectivity index (χ3n) is 4.24. The van der Waals surface area contributed by atoms with Crippen molar-refractivity contribution in [1.29, 1.82) is 0 Å². The Morgan fingerprint density at radius 3 is 2.33 bits per heavy atom. The van der Waals surface area contributed by atoms with Gasteiger partial charge in [-0.1, -0.05) is 24.3 Å². The topological polar surface area (TPSA) is 80.3 Å². The smallest absolute Gasteiger partial charge is 0.177 e. The quantitative estimate of drug-likeness (QED) is 0.901. The van der Waals surface area contributed by atoms with E-state index in [2.05, 4.69) is 11.4 Å². The summed E-state index contributed by atoms with van der Waals surface area (Å²) < 4.78 is 47.7. The molecule has 0 saturated carbocycles. The van der Waals surface area contributed by atoms with E-state index >= 15 is 0 Å². The minimum atomic E-state index is -3.56. The average Bonchev–Trinajstić information content (AvgIpc) is 2.89. The van der Waals surface area contributed by atoms with Crippen LogP contribution in [0.1, 0.15) is 23.6 Å². The van der Waals surface area contributed by atoms with Crippen LogP contribution in [0.5, 0.6) is 0 Å². The highest BCUT2D eigenvalue weighted by Gasteiger charge is 2.24. The van der Waals surface area contributed by atoms with Crippen LogP contribution in [0.3, 0.4) is 0 Å². The summed E-state index contributed by atoms with van der Waals surface area (Å²) in [5.41, 5.74) is 2.85. The van der Waals surface area contributed by atoms with Crippen LogP contribution in [0.2, 0.25) is 0 Å². The van der Waals surface area contributed by atoms with E-state index in [-0.39, 0.29) is 15.8 Å². The molecule has 1 aliphatic carbocycles. The summed E-state index contributed by atoms with van der Waals surface area (Å²) in [4.78, 5) is 0.00935. The van der Waals surface area contributed by atoms with Crippen LogP contribution in [-0.4, -0.2) is 29.3 Å². The molecule has 24 heavy (non-hydrogen) atoms. The van der Waals surface area contributed by atoms with Crippen molar-refractivity contribution in [3.8, 4) is 0 Å². The summed E-state index contributed by atoms with van der Waals surface area (Å²) in [5.74, 6) is 0. The summed E-state index contributed by atoms with van der Waals surface area (Å²) in [6.45, 7) is 0. The molecule has 0 spiro atoms. The van der Waals surface area contributed by atoms with E-state index in [9.17, 15) is 16.8 Å². The Balaban J connectivity index is 2.03. The molecule has 128 valence electrons. The summed E-state index contributed by atoms with van der Waals surface area (Å²) in [6.07, 6.45) is 3.96. The van der Waals surface area contributed by atoms with Crippen molar-refractivity contribution >= 4 is 25.4 Å². The molecule has 2 aromatic rings. The van der Waals surface area contributed by atoms with Crippen LogP contribution >= 0.6 is 0 Å². The number of hydrogen-bond acceptors (Lipinski definition) is 5. The van der Waals surface area contributed by atoms with Crippen LogP contribution in [0.4, 0.5) is 5.69 Å². The van der Waals surface area contributed by atoms with Crippen LogP contribution in [-0.2, 0) is 26.1 Å². The van der Waals surface area contributed by atoms with Gasteiger partial charge >= 0.3 is 0 Å². The lowest BCUT2D eigenvalue weighted by Gasteiger charge is -2.18. The van der Waals surface area contributed by atoms with E-state index in [0.717, 1.165) is 30.9 Å². The SMILES string of the molecule is CS(=O)(=O)c1ccc(NC2CCc3ccccc32)c(S(C)(=O)=O)c1. The van der Waals surface area contributed by atoms with Crippen molar-refractivity contribution in [3.05, 3.63) is 53.6 Å². The Morgan fingerprint density at radius 1 is 0.958 bits per heavy atom. The van der Waals surface area contributed by atoms with Gasteiger partial charge in [0, 0.05) is 12.5 Å². The number of anilines is 1. The second kappa shape index (κ2) is 5.89. The summed E-state index contributed by atoms with van der Waals surface area (Å²) >= 11 is 0. The molecule has 0 aromatic heterocycles. The number of rotatable bonds is 4. The molecule has 1 unspecified atom stereocenters. The van der Waals surface area contributed by atoms with Crippen molar-refractivity contribution in [1.82, 2.24) is 0 Å². The minimum absolute atomic E-state index is 0.000275. The third-order valence-corrected chi connectivity index (χ3v) is 6.49. The molecule has 0 saturated heterocycles. The molecule has 0 heterocycles. The number of fused-ring (bicyclic) bond motifs is 1. The minimum Gasteiger partial charge on any atom is -0.377 e. The van der Waals surface area contributed by atoms with Gasteiger partial charge in [-0.15, -0.1) is 0 Å². The fourth-order valence-electron chi connectivity index (χ4n) is 3.05. The third kappa shape index (κ3) is 3.32. The Kier molecular flexibility index (Phi) is 4.17. The first-order valence-corrected chi connectivity index (χ1v) is 11.3. The molecule has 2 aromatic carbocycles. The fraction of sp³-hybridized carbons (Fsp3) is 0.294. The Labute approximate surface area is 142 Å². The summed E-state index contributed by atoms with van der Waals surface area (Å²) in [5, 5.41) is 3.28. The van der Waals surface area contributed by atoms with Gasteiger partial charge in [0.25, 0.3) is 0 Å². The predicted molar refractivity (Wildman–Crippen MR) is 93.8 cm³/mol. The van der Waals surface area contributed by atoms with Gasteiger partial charge in [0.15, 0.2) is 19.7 Å². The van der Waals surface area contributed by atoms with Gasteiger partial charge in [0.1, 0.15) is 0 Å². The van der Waals surface area contributed by atoms with Crippen molar-refractivity contribution in [3.63, 3.8) is 0 Å². The molecule has 1 atom stereocenters. The molecular formula is C17H19NO4S2. The first-order valence-electron chi connectivity index (χ1n) is 7.55. The van der Waals surface area contributed by atoms with Crippen LogP contribution < -0.4 is 5.32 Å². The molecular weight excluding hydrogens is 346 g/mol. The first-order chi connectivity index (χ1) is 11.2. The standard InChI is InChI=1S/C17H19NO4S2/c1-23(19,20)13-8-10-16(17(11-13)24(2,21)22)18-15-9-7-12-5-3-4-6-14(12)15/h3-6,8,10-11,15,18H,7,9H2,1-2H3. The van der Waals surface area contributed by atoms with E-state index < -0.39 is 19.7 Å². The first kappa shape index (κ1) is 17.0. The molecule has 5 nitrogen and oxygen atoms in total. The van der Waals surface area contributed by atoms with E-state index in [0.29, 0.717) is 5.69 Å². The van der Waals surface area contributed by atoms with Gasteiger partial charge in [-0.05, 0) is 42.2 Å². The van der Waals surface area contributed by atoms with Gasteiger partial charge in [0.05, 0.1) is 21.5 Å². The highest BCUT2D eigenvalue weighted by atomic mass is 32.2. The van der Waals surface area contributed by atoms with E-state index in [4.69, 9.17) is 0 Å². The zero-order chi connectivity index (χ0) is 17.5. The molecule has 7 heteroatoms. The molecule has 0 amide bonds. The van der Waals surface area contributed by atoms with Gasteiger partial charge < -0.3 is 5.32 Å². The van der Waals surface area contributed by atoms with Crippen molar-refractivity contribution < 1.29 is 16.8 Å². The lowest BCUT2D eigenvalue weighted by Crippen LogP contribution is -2.12. The molecule has 0 fully saturated rings. The lowest BCUT2D eigenvalue weighted by molar-refractivity contribution is 0.600. The Morgan fingerprint density at radius 2 is 1.67 bits per heavy atom. The number of hydrogen-bond donors (Lipinski definition) is 1. The molecule has 0 aliphatic heterocycles. The Hall–Kier alpha value is -1.86. The van der Waals surface area contributed by atoms with Gasteiger partial charge in [-0.3, -0.25) is 0 Å². The van der Waals surface area contributed by atoms with Crippen molar-refractivity contribution in [2.24, 2.45) is 0 Å². The highest BCUT2D eigenvalue weighted by Crippen LogP contribution is 2.35.